The quantitative estimate of drug-likeness (QED) is 0.133. The zero-order valence-corrected chi connectivity index (χ0v) is 32.9. The van der Waals surface area contributed by atoms with Crippen LogP contribution in [0.2, 0.25) is 0 Å². The maximum Gasteiger partial charge on any atom is 0.338 e. The fourth-order valence-corrected chi connectivity index (χ4v) is 13.2. The summed E-state index contributed by atoms with van der Waals surface area (Å²) in [5, 5.41) is 64.6. The fourth-order valence-electron chi connectivity index (χ4n) is 13.2. The van der Waals surface area contributed by atoms with E-state index in [1.807, 2.05) is 18.2 Å². The van der Waals surface area contributed by atoms with Crippen molar-refractivity contribution in [3.05, 3.63) is 47.5 Å². The highest BCUT2D eigenvalue weighted by Gasteiger charge is 2.71. The van der Waals surface area contributed by atoms with Gasteiger partial charge in [-0.1, -0.05) is 78.3 Å². The van der Waals surface area contributed by atoms with Gasteiger partial charge in [0.05, 0.1) is 24.4 Å². The van der Waals surface area contributed by atoms with Crippen LogP contribution in [0, 0.1) is 50.2 Å². The summed E-state index contributed by atoms with van der Waals surface area (Å²) in [7, 11) is 0. The number of carbonyl (C=O) groups is 2. The lowest BCUT2D eigenvalue weighted by Gasteiger charge is -2.72. The average molecular weight is 755 g/mol. The first kappa shape index (κ1) is 39.8. The molecule has 1 aromatic rings. The van der Waals surface area contributed by atoms with Crippen molar-refractivity contribution in [3.63, 3.8) is 0 Å². The molecule has 5 fully saturated rings. The predicted octanol–water partition coefficient (Wildman–Crippen LogP) is 4.86. The van der Waals surface area contributed by atoms with E-state index in [0.29, 0.717) is 31.2 Å². The lowest BCUT2D eigenvalue weighted by molar-refractivity contribution is -0.324. The maximum atomic E-state index is 13.3. The van der Waals surface area contributed by atoms with Crippen LogP contribution in [0.25, 0.3) is 0 Å². The number of carbonyl (C=O) groups excluding carboxylic acids is 1. The van der Waals surface area contributed by atoms with Gasteiger partial charge < -0.3 is 44.8 Å². The van der Waals surface area contributed by atoms with Crippen molar-refractivity contribution >= 4 is 11.9 Å². The summed E-state index contributed by atoms with van der Waals surface area (Å²) in [5.41, 5.74) is -0.423. The predicted molar refractivity (Wildman–Crippen MR) is 198 cm³/mol. The molecule has 4 saturated carbocycles. The van der Waals surface area contributed by atoms with Gasteiger partial charge in [-0.15, -0.1) is 0 Å². The molecule has 54 heavy (non-hydrogen) atoms. The van der Waals surface area contributed by atoms with Crippen molar-refractivity contribution in [2.75, 3.05) is 6.61 Å². The number of esters is 1. The standard InChI is InChI=1S/C43H62O11/c1-38(2)19-25-24-13-14-27-40(5)17-16-29(53-37-33(48)31(46)32(47)34(54-37)35(49)50)39(3,4)26(40)15-18-41(27,6)42(24,7)20-28(45)43(25,22-44)21-30(38)52-36(51)23-11-9-8-10-12-23/h8-13,25-34,37,44-48H,14-22H2,1-7H3,(H,49,50)/t25-,26-,27+,28-,29-,30-,31-,32-,33+,34-,37+,40-,41+,42+,43+/m0/s1. The molecule has 0 spiro atoms. The molecule has 1 heterocycles. The first-order valence-electron chi connectivity index (χ1n) is 20.0. The Morgan fingerprint density at radius 1 is 0.833 bits per heavy atom. The summed E-state index contributed by atoms with van der Waals surface area (Å²) in [6.45, 7) is 15.6. The van der Waals surface area contributed by atoms with Crippen LogP contribution >= 0.6 is 0 Å². The van der Waals surface area contributed by atoms with Crippen molar-refractivity contribution in [1.82, 2.24) is 0 Å². The van der Waals surface area contributed by atoms with E-state index >= 15 is 0 Å². The largest absolute Gasteiger partial charge is 0.479 e. The lowest BCUT2D eigenvalue weighted by atomic mass is 9.33. The second-order valence-electron chi connectivity index (χ2n) is 19.8. The van der Waals surface area contributed by atoms with Gasteiger partial charge in [-0.05, 0) is 103 Å². The summed E-state index contributed by atoms with van der Waals surface area (Å²) < 4.78 is 18.1. The number of carboxylic acid groups (broad SMARTS) is 1. The van der Waals surface area contributed by atoms with Crippen LogP contribution in [0.3, 0.4) is 0 Å². The van der Waals surface area contributed by atoms with Crippen molar-refractivity contribution in [2.45, 2.75) is 149 Å². The number of aliphatic hydroxyl groups excluding tert-OH is 5. The SMILES string of the molecule is CC1(C)C[C@H]2C3=CC[C@@H]4[C@@]5(C)CC[C@H](O[C@@H]6O[C@H](C(=O)O)[C@@H](O)[C@H](O)[C@H]6O)C(C)(C)[C@@H]5CC[C@@]4(C)[C@]3(C)C[C@H](O)[C@@]2(CO)C[C@@H]1OC(=O)c1ccccc1. The third kappa shape index (κ3) is 5.69. The number of fused-ring (bicyclic) bond motifs is 7. The monoisotopic (exact) mass is 754 g/mol. The highest BCUT2D eigenvalue weighted by molar-refractivity contribution is 5.89. The number of carboxylic acids is 1. The minimum Gasteiger partial charge on any atom is -0.479 e. The van der Waals surface area contributed by atoms with Crippen molar-refractivity contribution in [1.29, 1.82) is 0 Å². The van der Waals surface area contributed by atoms with E-state index in [1.165, 1.54) is 5.57 Å². The first-order chi connectivity index (χ1) is 25.2. The Balaban J connectivity index is 1.16. The Bertz CT molecular complexity index is 1640. The van der Waals surface area contributed by atoms with Crippen LogP contribution in [0.15, 0.2) is 42.0 Å². The molecule has 0 aromatic heterocycles. The summed E-state index contributed by atoms with van der Waals surface area (Å²) >= 11 is 0. The number of hydrogen-bond donors (Lipinski definition) is 6. The lowest BCUT2D eigenvalue weighted by Crippen LogP contribution is -2.68. The van der Waals surface area contributed by atoms with E-state index in [2.05, 4.69) is 54.5 Å². The van der Waals surface area contributed by atoms with E-state index in [-0.39, 0.29) is 46.6 Å². The summed E-state index contributed by atoms with van der Waals surface area (Å²) in [4.78, 5) is 25.1. The number of rotatable bonds is 6. The Morgan fingerprint density at radius 2 is 1.52 bits per heavy atom. The summed E-state index contributed by atoms with van der Waals surface area (Å²) in [6, 6.07) is 8.97. The van der Waals surface area contributed by atoms with Crippen molar-refractivity contribution in [3.8, 4) is 0 Å². The molecule has 0 amide bonds. The molecular formula is C43H62O11. The van der Waals surface area contributed by atoms with Crippen LogP contribution in [-0.4, -0.2) is 98.2 Å². The minimum absolute atomic E-state index is 0.0766. The van der Waals surface area contributed by atoms with Gasteiger partial charge in [-0.2, -0.15) is 0 Å². The molecular weight excluding hydrogens is 692 g/mol. The number of ether oxygens (including phenoxy) is 3. The van der Waals surface area contributed by atoms with Crippen LogP contribution < -0.4 is 0 Å². The first-order valence-corrected chi connectivity index (χ1v) is 20.0. The molecule has 11 heteroatoms. The molecule has 300 valence electrons. The third-order valence-electron chi connectivity index (χ3n) is 16.6. The Morgan fingerprint density at radius 3 is 2.17 bits per heavy atom. The van der Waals surface area contributed by atoms with E-state index < -0.39 is 71.2 Å². The zero-order chi connectivity index (χ0) is 39.4. The number of hydrogen-bond acceptors (Lipinski definition) is 10. The van der Waals surface area contributed by atoms with Crippen LogP contribution in [-0.2, 0) is 19.0 Å². The van der Waals surface area contributed by atoms with E-state index in [9.17, 15) is 40.2 Å². The van der Waals surface area contributed by atoms with Crippen molar-refractivity contribution in [2.24, 2.45) is 50.2 Å². The van der Waals surface area contributed by atoms with E-state index in [0.717, 1.165) is 25.7 Å². The average Bonchev–Trinajstić information content (AvgIpc) is 3.10. The van der Waals surface area contributed by atoms with Gasteiger partial charge in [-0.3, -0.25) is 0 Å². The molecule has 0 unspecified atom stereocenters. The minimum atomic E-state index is -1.78. The summed E-state index contributed by atoms with van der Waals surface area (Å²) in [5.74, 6) is -1.40. The number of aliphatic hydroxyl groups is 5. The fraction of sp³-hybridized carbons (Fsp3) is 0.767. The maximum absolute atomic E-state index is 13.3. The van der Waals surface area contributed by atoms with E-state index in [1.54, 1.807) is 12.1 Å². The Kier molecular flexibility index (Phi) is 9.85. The van der Waals surface area contributed by atoms with Gasteiger partial charge in [0.1, 0.15) is 24.4 Å². The van der Waals surface area contributed by atoms with Crippen LogP contribution in [0.5, 0.6) is 0 Å². The molecule has 1 aliphatic heterocycles. The van der Waals surface area contributed by atoms with Gasteiger partial charge in [0.25, 0.3) is 0 Å². The van der Waals surface area contributed by atoms with Crippen LogP contribution in [0.4, 0.5) is 0 Å². The topological polar surface area (TPSA) is 183 Å². The normalized spacial score (nSPS) is 47.9. The summed E-state index contributed by atoms with van der Waals surface area (Å²) in [6.07, 6.45) is -1.72. The molecule has 6 aliphatic rings. The Hall–Kier alpha value is -2.38. The third-order valence-corrected chi connectivity index (χ3v) is 16.6. The second kappa shape index (κ2) is 13.4. The Labute approximate surface area is 319 Å². The van der Waals surface area contributed by atoms with Gasteiger partial charge in [-0.25, -0.2) is 9.59 Å². The van der Waals surface area contributed by atoms with Gasteiger partial charge in [0.2, 0.25) is 0 Å². The highest BCUT2D eigenvalue weighted by atomic mass is 16.7. The molecule has 15 atom stereocenters. The molecule has 1 aromatic carbocycles. The molecule has 7 rings (SSSR count). The molecule has 0 bridgehead atoms. The number of benzene rings is 1. The van der Waals surface area contributed by atoms with E-state index in [4.69, 9.17) is 14.2 Å². The zero-order valence-electron chi connectivity index (χ0n) is 32.9. The number of allylic oxidation sites excluding steroid dienone is 2. The molecule has 5 aliphatic carbocycles. The highest BCUT2D eigenvalue weighted by Crippen LogP contribution is 2.76. The molecule has 11 nitrogen and oxygen atoms in total. The van der Waals surface area contributed by atoms with Gasteiger partial charge in [0, 0.05) is 10.8 Å². The number of aliphatic carboxylic acids is 1. The second-order valence-corrected chi connectivity index (χ2v) is 19.8. The molecule has 6 N–H and O–H groups in total. The van der Waals surface area contributed by atoms with Gasteiger partial charge >= 0.3 is 11.9 Å². The van der Waals surface area contributed by atoms with Crippen LogP contribution in [0.1, 0.15) is 110 Å². The molecule has 0 radical (unpaired) electrons. The smallest absolute Gasteiger partial charge is 0.338 e. The van der Waals surface area contributed by atoms with Crippen molar-refractivity contribution < 1.29 is 54.4 Å². The molecule has 1 saturated heterocycles. The van der Waals surface area contributed by atoms with Gasteiger partial charge in [0.15, 0.2) is 12.4 Å².